The standard InChI is InChI=1S/C24H18/c1-15-7-8-19-11-22-12-21-10-17-5-3-4-6-18(17)13-23(21)16(2)24(22)14-20(19)9-15/h3-11,13-14H,2,12H2,1H3. The summed E-state index contributed by atoms with van der Waals surface area (Å²) in [5.41, 5.74) is 7.83. The third-order valence-corrected chi connectivity index (χ3v) is 5.22. The monoisotopic (exact) mass is 306 g/mol. The Morgan fingerprint density at radius 2 is 1.25 bits per heavy atom. The van der Waals surface area contributed by atoms with Crippen LogP contribution in [0.15, 0.2) is 73.3 Å². The van der Waals surface area contributed by atoms with E-state index in [0.29, 0.717) is 0 Å². The van der Waals surface area contributed by atoms with Crippen LogP contribution in [0.3, 0.4) is 0 Å². The van der Waals surface area contributed by atoms with Gasteiger partial charge in [-0.25, -0.2) is 0 Å². The van der Waals surface area contributed by atoms with Crippen molar-refractivity contribution in [2.24, 2.45) is 0 Å². The molecule has 0 bridgehead atoms. The molecule has 1 aliphatic rings. The summed E-state index contributed by atoms with van der Waals surface area (Å²) in [6, 6.07) is 24.6. The molecule has 0 fully saturated rings. The van der Waals surface area contributed by atoms with Crippen molar-refractivity contribution >= 4 is 27.1 Å². The average molecular weight is 306 g/mol. The van der Waals surface area contributed by atoms with Gasteiger partial charge in [0.2, 0.25) is 0 Å². The van der Waals surface area contributed by atoms with E-state index < -0.39 is 0 Å². The van der Waals surface area contributed by atoms with Gasteiger partial charge in [0.05, 0.1) is 0 Å². The van der Waals surface area contributed by atoms with Crippen LogP contribution in [0.4, 0.5) is 0 Å². The van der Waals surface area contributed by atoms with Gasteiger partial charge in [-0.15, -0.1) is 0 Å². The second-order valence-electron chi connectivity index (χ2n) is 6.87. The summed E-state index contributed by atoms with van der Waals surface area (Å²) in [5, 5.41) is 5.22. The van der Waals surface area contributed by atoms with Gasteiger partial charge >= 0.3 is 0 Å². The van der Waals surface area contributed by atoms with E-state index in [9.17, 15) is 0 Å². The topological polar surface area (TPSA) is 0 Å². The molecule has 0 spiro atoms. The van der Waals surface area contributed by atoms with E-state index in [0.717, 1.165) is 12.0 Å². The average Bonchev–Trinajstić information content (AvgIpc) is 2.59. The van der Waals surface area contributed by atoms with Gasteiger partial charge in [0.25, 0.3) is 0 Å². The Hall–Kier alpha value is -2.86. The summed E-state index contributed by atoms with van der Waals surface area (Å²) in [5.74, 6) is 0. The fourth-order valence-corrected chi connectivity index (χ4v) is 3.96. The number of benzene rings is 4. The maximum atomic E-state index is 4.43. The van der Waals surface area contributed by atoms with Gasteiger partial charge in [-0.05, 0) is 74.8 Å². The molecule has 24 heavy (non-hydrogen) atoms. The number of aryl methyl sites for hydroxylation is 1. The molecule has 0 heteroatoms. The molecule has 0 N–H and O–H groups in total. The van der Waals surface area contributed by atoms with Gasteiger partial charge < -0.3 is 0 Å². The van der Waals surface area contributed by atoms with Crippen molar-refractivity contribution in [1.29, 1.82) is 0 Å². The molecule has 5 rings (SSSR count). The molecule has 0 aliphatic heterocycles. The highest BCUT2D eigenvalue weighted by atomic mass is 14.2. The second-order valence-corrected chi connectivity index (χ2v) is 6.87. The quantitative estimate of drug-likeness (QED) is 0.316. The summed E-state index contributed by atoms with van der Waals surface area (Å²) < 4.78 is 0. The third-order valence-electron chi connectivity index (χ3n) is 5.22. The highest BCUT2D eigenvalue weighted by molar-refractivity contribution is 5.96. The number of hydrogen-bond donors (Lipinski definition) is 0. The number of rotatable bonds is 0. The first-order valence-electron chi connectivity index (χ1n) is 8.44. The first kappa shape index (κ1) is 13.6. The summed E-state index contributed by atoms with van der Waals surface area (Å²) in [6.45, 7) is 6.58. The Labute approximate surface area is 142 Å². The summed E-state index contributed by atoms with van der Waals surface area (Å²) >= 11 is 0. The number of fused-ring (bicyclic) bond motifs is 4. The summed E-state index contributed by atoms with van der Waals surface area (Å²) in [4.78, 5) is 0. The van der Waals surface area contributed by atoms with E-state index in [1.165, 1.54) is 49.4 Å². The van der Waals surface area contributed by atoms with Crippen LogP contribution in [-0.4, -0.2) is 0 Å². The Morgan fingerprint density at radius 3 is 1.96 bits per heavy atom. The van der Waals surface area contributed by atoms with Gasteiger partial charge in [0, 0.05) is 0 Å². The zero-order valence-corrected chi connectivity index (χ0v) is 13.8. The predicted molar refractivity (Wildman–Crippen MR) is 104 cm³/mol. The maximum absolute atomic E-state index is 4.43. The normalized spacial score (nSPS) is 13.1. The van der Waals surface area contributed by atoms with Crippen molar-refractivity contribution < 1.29 is 0 Å². The fraction of sp³-hybridized carbons (Fsp3) is 0.0833. The van der Waals surface area contributed by atoms with Crippen LogP contribution in [0.1, 0.15) is 27.8 Å². The van der Waals surface area contributed by atoms with Crippen molar-refractivity contribution in [3.05, 3.63) is 101 Å². The Bertz CT molecular complexity index is 1150. The van der Waals surface area contributed by atoms with Gasteiger partial charge in [-0.3, -0.25) is 0 Å². The van der Waals surface area contributed by atoms with E-state index in [1.807, 2.05) is 0 Å². The third kappa shape index (κ3) is 1.93. The Kier molecular flexibility index (Phi) is 2.72. The molecule has 0 aromatic heterocycles. The minimum absolute atomic E-state index is 0.984. The van der Waals surface area contributed by atoms with Gasteiger partial charge in [-0.1, -0.05) is 66.7 Å². The van der Waals surface area contributed by atoms with Crippen LogP contribution in [-0.2, 0) is 6.42 Å². The molecule has 0 saturated heterocycles. The van der Waals surface area contributed by atoms with Crippen LogP contribution in [0.5, 0.6) is 0 Å². The van der Waals surface area contributed by atoms with Gasteiger partial charge in [-0.2, -0.15) is 0 Å². The molecule has 0 atom stereocenters. The zero-order valence-electron chi connectivity index (χ0n) is 13.8. The largest absolute Gasteiger partial charge is 0.0905 e. The van der Waals surface area contributed by atoms with Gasteiger partial charge in [0.15, 0.2) is 0 Å². The van der Waals surface area contributed by atoms with Crippen molar-refractivity contribution in [1.82, 2.24) is 0 Å². The van der Waals surface area contributed by atoms with E-state index in [2.05, 4.69) is 80.2 Å². The van der Waals surface area contributed by atoms with Crippen LogP contribution < -0.4 is 0 Å². The summed E-state index contributed by atoms with van der Waals surface area (Å²) in [6.07, 6.45) is 0.984. The second kappa shape index (κ2) is 4.82. The van der Waals surface area contributed by atoms with Crippen LogP contribution in [0.2, 0.25) is 0 Å². The van der Waals surface area contributed by atoms with E-state index in [-0.39, 0.29) is 0 Å². The molecule has 0 nitrogen and oxygen atoms in total. The first-order chi connectivity index (χ1) is 11.7. The Balaban J connectivity index is 1.76. The van der Waals surface area contributed by atoms with E-state index in [1.54, 1.807) is 0 Å². The maximum Gasteiger partial charge on any atom is -0.00130 e. The molecule has 0 saturated carbocycles. The van der Waals surface area contributed by atoms with Gasteiger partial charge in [0.1, 0.15) is 0 Å². The molecule has 0 amide bonds. The minimum atomic E-state index is 0.984. The highest BCUT2D eigenvalue weighted by Crippen LogP contribution is 2.38. The van der Waals surface area contributed by atoms with Crippen LogP contribution >= 0.6 is 0 Å². The fourth-order valence-electron chi connectivity index (χ4n) is 3.96. The van der Waals surface area contributed by atoms with Crippen LogP contribution in [0.25, 0.3) is 27.1 Å². The molecule has 0 unspecified atom stereocenters. The van der Waals surface area contributed by atoms with Crippen molar-refractivity contribution in [2.45, 2.75) is 13.3 Å². The molecule has 114 valence electrons. The molecule has 4 aromatic rings. The predicted octanol–water partition coefficient (Wildman–Crippen LogP) is 6.27. The summed E-state index contributed by atoms with van der Waals surface area (Å²) in [7, 11) is 0. The van der Waals surface area contributed by atoms with Crippen LogP contribution in [0, 0.1) is 6.92 Å². The zero-order chi connectivity index (χ0) is 16.3. The first-order valence-corrected chi connectivity index (χ1v) is 8.44. The molecule has 4 aromatic carbocycles. The lowest BCUT2D eigenvalue weighted by Gasteiger charge is -2.23. The number of hydrogen-bond acceptors (Lipinski definition) is 0. The lowest BCUT2D eigenvalue weighted by molar-refractivity contribution is 1.15. The highest BCUT2D eigenvalue weighted by Gasteiger charge is 2.20. The van der Waals surface area contributed by atoms with E-state index >= 15 is 0 Å². The molecule has 0 heterocycles. The molecular formula is C24H18. The SMILES string of the molecule is C=C1c2cc3ccccc3cc2Cc2cc3ccc(C)cc3cc21. The molecular weight excluding hydrogens is 288 g/mol. The smallest absolute Gasteiger partial charge is 0.00130 e. The lowest BCUT2D eigenvalue weighted by Crippen LogP contribution is -2.06. The molecule has 1 aliphatic carbocycles. The van der Waals surface area contributed by atoms with Crippen molar-refractivity contribution in [3.63, 3.8) is 0 Å². The van der Waals surface area contributed by atoms with Crippen molar-refractivity contribution in [3.8, 4) is 0 Å². The minimum Gasteiger partial charge on any atom is -0.0905 e. The molecule has 0 radical (unpaired) electrons. The van der Waals surface area contributed by atoms with Crippen molar-refractivity contribution in [2.75, 3.05) is 0 Å². The van der Waals surface area contributed by atoms with E-state index in [4.69, 9.17) is 0 Å². The lowest BCUT2D eigenvalue weighted by atomic mass is 9.80. The Morgan fingerprint density at radius 1 is 0.667 bits per heavy atom.